The van der Waals surface area contributed by atoms with Gasteiger partial charge in [-0.3, -0.25) is 24.0 Å². The summed E-state index contributed by atoms with van der Waals surface area (Å²) < 4.78 is 42.0. The largest absolute Gasteiger partial charge is 0.350 e. The van der Waals surface area contributed by atoms with Crippen molar-refractivity contribution in [3.8, 4) is 0 Å². The van der Waals surface area contributed by atoms with Crippen LogP contribution in [0.2, 0.25) is 0 Å². The van der Waals surface area contributed by atoms with Gasteiger partial charge < -0.3 is 10.2 Å². The maximum absolute atomic E-state index is 14.0. The van der Waals surface area contributed by atoms with Crippen LogP contribution in [0.1, 0.15) is 39.7 Å². The minimum absolute atomic E-state index is 0.0923. The highest BCUT2D eigenvalue weighted by molar-refractivity contribution is 7.92. The summed E-state index contributed by atoms with van der Waals surface area (Å²) in [6.45, 7) is 6.24. The Bertz CT molecular complexity index is 1490. The average Bonchev–Trinajstić information content (AvgIpc) is 2.92. The van der Waals surface area contributed by atoms with Crippen molar-refractivity contribution < 1.29 is 27.3 Å². The number of non-ortho nitro benzene ring substituents is 1. The van der Waals surface area contributed by atoms with Crippen molar-refractivity contribution in [2.75, 3.05) is 10.8 Å². The van der Waals surface area contributed by atoms with E-state index in [4.69, 9.17) is 0 Å². The van der Waals surface area contributed by atoms with Crippen molar-refractivity contribution >= 4 is 33.2 Å². The molecule has 1 atom stereocenters. The lowest BCUT2D eigenvalue weighted by Gasteiger charge is -2.34. The number of nitro benzene ring substituents is 1. The first kappa shape index (κ1) is 31.2. The molecule has 0 aliphatic rings. The maximum atomic E-state index is 14.0. The summed E-state index contributed by atoms with van der Waals surface area (Å²) in [6, 6.07) is 16.8. The van der Waals surface area contributed by atoms with Crippen molar-refractivity contribution in [1.29, 1.82) is 0 Å². The van der Waals surface area contributed by atoms with E-state index < -0.39 is 50.7 Å². The Balaban J connectivity index is 2.10. The van der Waals surface area contributed by atoms with Crippen LogP contribution in [0, 0.1) is 15.9 Å². The molecular formula is C29H33FN4O6S. The number of nitrogens with zero attached hydrogens (tertiary/aromatic N) is 3. The standard InChI is InChI=1S/C29H33FN4O6S/c1-5-26(28(36)31-29(2,3)4)32(19-21-14-16-22(30)17-15-21)27(35)20-33(23-10-9-11-24(18-23)34(37)38)41(39,40)25-12-7-6-8-13-25/h6-18,26H,5,19-20H2,1-4H3,(H,31,36)/t26-/m0/s1. The highest BCUT2D eigenvalue weighted by Gasteiger charge is 2.35. The summed E-state index contributed by atoms with van der Waals surface area (Å²) in [4.78, 5) is 39.2. The molecule has 3 rings (SSSR count). The number of anilines is 1. The Kier molecular flexibility index (Phi) is 9.82. The number of hydrogen-bond acceptors (Lipinski definition) is 6. The van der Waals surface area contributed by atoms with Gasteiger partial charge in [-0.05, 0) is 63.1 Å². The quantitative estimate of drug-likeness (QED) is 0.258. The van der Waals surface area contributed by atoms with E-state index in [-0.39, 0.29) is 29.2 Å². The first-order valence-electron chi connectivity index (χ1n) is 12.9. The second-order valence-corrected chi connectivity index (χ2v) is 12.3. The number of amides is 2. The van der Waals surface area contributed by atoms with Crippen LogP contribution in [0.3, 0.4) is 0 Å². The van der Waals surface area contributed by atoms with Crippen molar-refractivity contribution in [2.45, 2.75) is 57.1 Å². The Labute approximate surface area is 239 Å². The number of nitro groups is 1. The van der Waals surface area contributed by atoms with Crippen LogP contribution in [0.25, 0.3) is 0 Å². The Morgan fingerprint density at radius 1 is 1.00 bits per heavy atom. The molecule has 0 bridgehead atoms. The average molecular weight is 585 g/mol. The molecule has 0 unspecified atom stereocenters. The Morgan fingerprint density at radius 3 is 2.20 bits per heavy atom. The summed E-state index contributed by atoms with van der Waals surface area (Å²) in [5.41, 5.74) is -0.539. The number of carbonyl (C=O) groups is 2. The Hall–Kier alpha value is -4.32. The second kappa shape index (κ2) is 12.9. The number of carbonyl (C=O) groups excluding carboxylic acids is 2. The van der Waals surface area contributed by atoms with Crippen LogP contribution in [0.5, 0.6) is 0 Å². The van der Waals surface area contributed by atoms with Gasteiger partial charge in [0.1, 0.15) is 18.4 Å². The third-order valence-electron chi connectivity index (χ3n) is 6.09. The topological polar surface area (TPSA) is 130 Å². The molecule has 12 heteroatoms. The molecule has 3 aromatic carbocycles. The van der Waals surface area contributed by atoms with Gasteiger partial charge in [-0.2, -0.15) is 0 Å². The molecule has 2 amide bonds. The van der Waals surface area contributed by atoms with Gasteiger partial charge in [0.15, 0.2) is 0 Å². The molecule has 0 aliphatic heterocycles. The summed E-state index contributed by atoms with van der Waals surface area (Å²) in [6.07, 6.45) is 0.205. The third-order valence-corrected chi connectivity index (χ3v) is 7.88. The fraction of sp³-hybridized carbons (Fsp3) is 0.310. The first-order valence-corrected chi connectivity index (χ1v) is 14.3. The van der Waals surface area contributed by atoms with Gasteiger partial charge in [0, 0.05) is 24.2 Å². The predicted octanol–water partition coefficient (Wildman–Crippen LogP) is 4.65. The van der Waals surface area contributed by atoms with Crippen LogP contribution in [0.15, 0.2) is 83.8 Å². The molecule has 0 aromatic heterocycles. The molecular weight excluding hydrogens is 551 g/mol. The van der Waals surface area contributed by atoms with E-state index in [1.807, 2.05) is 0 Å². The molecule has 0 aliphatic carbocycles. The molecule has 10 nitrogen and oxygen atoms in total. The number of sulfonamides is 1. The molecule has 0 saturated heterocycles. The molecule has 0 fully saturated rings. The normalized spacial score (nSPS) is 12.3. The van der Waals surface area contributed by atoms with Gasteiger partial charge in [-0.15, -0.1) is 0 Å². The fourth-order valence-corrected chi connectivity index (χ4v) is 5.60. The number of rotatable bonds is 11. The van der Waals surface area contributed by atoms with Gasteiger partial charge >= 0.3 is 0 Å². The SMILES string of the molecule is CC[C@@H](C(=O)NC(C)(C)C)N(Cc1ccc(F)cc1)C(=O)CN(c1cccc([N+](=O)[O-])c1)S(=O)(=O)c1ccccc1. The van der Waals surface area contributed by atoms with E-state index >= 15 is 0 Å². The van der Waals surface area contributed by atoms with E-state index in [1.165, 1.54) is 71.6 Å². The molecule has 3 aromatic rings. The van der Waals surface area contributed by atoms with Crippen LogP contribution < -0.4 is 9.62 Å². The first-order chi connectivity index (χ1) is 19.2. The third kappa shape index (κ3) is 8.10. The van der Waals surface area contributed by atoms with Gasteiger partial charge in [-0.25, -0.2) is 12.8 Å². The predicted molar refractivity (Wildman–Crippen MR) is 153 cm³/mol. The minimum Gasteiger partial charge on any atom is -0.350 e. The summed E-state index contributed by atoms with van der Waals surface area (Å²) >= 11 is 0. The maximum Gasteiger partial charge on any atom is 0.271 e. The monoisotopic (exact) mass is 584 g/mol. The van der Waals surface area contributed by atoms with Crippen LogP contribution in [0.4, 0.5) is 15.8 Å². The molecule has 0 radical (unpaired) electrons. The highest BCUT2D eigenvalue weighted by atomic mass is 32.2. The molecule has 0 heterocycles. The van der Waals surface area contributed by atoms with Gasteiger partial charge in [0.05, 0.1) is 15.5 Å². The number of halogens is 1. The number of hydrogen-bond donors (Lipinski definition) is 1. The van der Waals surface area contributed by atoms with Gasteiger partial charge in [0.2, 0.25) is 11.8 Å². The lowest BCUT2D eigenvalue weighted by Crippen LogP contribution is -2.55. The fourth-order valence-electron chi connectivity index (χ4n) is 4.17. The summed E-state index contributed by atoms with van der Waals surface area (Å²) in [5, 5.41) is 14.3. The van der Waals surface area contributed by atoms with E-state index in [2.05, 4.69) is 5.32 Å². The zero-order valence-electron chi connectivity index (χ0n) is 23.3. The van der Waals surface area contributed by atoms with Crippen molar-refractivity contribution in [3.63, 3.8) is 0 Å². The lowest BCUT2D eigenvalue weighted by atomic mass is 10.1. The Morgan fingerprint density at radius 2 is 1.63 bits per heavy atom. The molecule has 218 valence electrons. The van der Waals surface area contributed by atoms with E-state index in [0.717, 1.165) is 10.4 Å². The van der Waals surface area contributed by atoms with Crippen LogP contribution >= 0.6 is 0 Å². The smallest absolute Gasteiger partial charge is 0.271 e. The second-order valence-electron chi connectivity index (χ2n) is 10.4. The lowest BCUT2D eigenvalue weighted by molar-refractivity contribution is -0.384. The molecule has 0 saturated carbocycles. The van der Waals surface area contributed by atoms with Crippen LogP contribution in [-0.4, -0.2) is 48.2 Å². The van der Waals surface area contributed by atoms with E-state index in [1.54, 1.807) is 33.8 Å². The zero-order chi connectivity index (χ0) is 30.4. The van der Waals surface area contributed by atoms with E-state index in [0.29, 0.717) is 5.56 Å². The van der Waals surface area contributed by atoms with Crippen molar-refractivity contribution in [2.24, 2.45) is 0 Å². The van der Waals surface area contributed by atoms with Crippen molar-refractivity contribution in [1.82, 2.24) is 10.2 Å². The highest BCUT2D eigenvalue weighted by Crippen LogP contribution is 2.28. The van der Waals surface area contributed by atoms with Gasteiger partial charge in [-0.1, -0.05) is 43.3 Å². The van der Waals surface area contributed by atoms with Crippen LogP contribution in [-0.2, 0) is 26.2 Å². The molecule has 1 N–H and O–H groups in total. The van der Waals surface area contributed by atoms with E-state index in [9.17, 15) is 32.5 Å². The summed E-state index contributed by atoms with van der Waals surface area (Å²) in [5.74, 6) is -1.64. The van der Waals surface area contributed by atoms with Gasteiger partial charge in [0.25, 0.3) is 15.7 Å². The molecule has 41 heavy (non-hydrogen) atoms. The number of benzene rings is 3. The minimum atomic E-state index is -4.37. The summed E-state index contributed by atoms with van der Waals surface area (Å²) in [7, 11) is -4.37. The van der Waals surface area contributed by atoms with Crippen molar-refractivity contribution in [3.05, 3.63) is 100 Å². The zero-order valence-corrected chi connectivity index (χ0v) is 24.1. The number of nitrogens with one attached hydrogen (secondary N) is 1. The molecule has 0 spiro atoms.